The molecule has 1 aliphatic carbocycles. The van der Waals surface area contributed by atoms with Crippen LogP contribution in [-0.4, -0.2) is 66.0 Å². The number of piperazine rings is 1. The van der Waals surface area contributed by atoms with Gasteiger partial charge in [0.15, 0.2) is 0 Å². The van der Waals surface area contributed by atoms with Crippen molar-refractivity contribution in [3.8, 4) is 11.3 Å². The maximum absolute atomic E-state index is 13.1. The quantitative estimate of drug-likeness (QED) is 0.653. The van der Waals surface area contributed by atoms with Gasteiger partial charge in [-0.25, -0.2) is 4.39 Å². The summed E-state index contributed by atoms with van der Waals surface area (Å²) in [5.41, 5.74) is 3.19. The van der Waals surface area contributed by atoms with Crippen LogP contribution in [0.15, 0.2) is 30.3 Å². The first-order chi connectivity index (χ1) is 15.1. The van der Waals surface area contributed by atoms with Gasteiger partial charge in [0.2, 0.25) is 0 Å². The van der Waals surface area contributed by atoms with Crippen molar-refractivity contribution < 1.29 is 9.18 Å². The minimum absolute atomic E-state index is 0.0516. The van der Waals surface area contributed by atoms with E-state index in [1.165, 1.54) is 57.3 Å². The fraction of sp³-hybridized carbons (Fsp3) is 0.560. The Balaban J connectivity index is 1.18. The monoisotopic (exact) mass is 426 g/mol. The summed E-state index contributed by atoms with van der Waals surface area (Å²) in [5, 5.41) is 3.06. The predicted molar refractivity (Wildman–Crippen MR) is 123 cm³/mol. The Bertz CT molecular complexity index is 849. The van der Waals surface area contributed by atoms with Crippen molar-refractivity contribution >= 4 is 5.91 Å². The molecule has 2 heterocycles. The zero-order chi connectivity index (χ0) is 21.6. The minimum Gasteiger partial charge on any atom is -0.358 e. The number of nitrogens with zero attached hydrogens (tertiary/aromatic N) is 2. The van der Waals surface area contributed by atoms with E-state index in [9.17, 15) is 9.18 Å². The molecule has 1 saturated heterocycles. The number of benzene rings is 1. The lowest BCUT2D eigenvalue weighted by molar-refractivity contribution is 0.0779. The number of hydrogen-bond donors (Lipinski definition) is 2. The Labute approximate surface area is 185 Å². The Morgan fingerprint density at radius 2 is 1.81 bits per heavy atom. The van der Waals surface area contributed by atoms with Crippen LogP contribution in [0.4, 0.5) is 4.39 Å². The molecule has 0 radical (unpaired) electrons. The molecule has 2 aromatic rings. The number of carbonyl (C=O) groups excluding carboxylic acids is 1. The molecule has 0 unspecified atom stereocenters. The average Bonchev–Trinajstić information content (AvgIpc) is 3.20. The van der Waals surface area contributed by atoms with E-state index in [4.69, 9.17) is 0 Å². The Morgan fingerprint density at radius 1 is 1.10 bits per heavy atom. The third-order valence-electron chi connectivity index (χ3n) is 6.85. The molecule has 168 valence electrons. The predicted octanol–water partition coefficient (Wildman–Crippen LogP) is 4.20. The maximum Gasteiger partial charge on any atom is 0.253 e. The molecule has 31 heavy (non-hydrogen) atoms. The fourth-order valence-electron chi connectivity index (χ4n) is 4.98. The number of rotatable bonds is 7. The Kier molecular flexibility index (Phi) is 7.41. The topological polar surface area (TPSA) is 51.4 Å². The van der Waals surface area contributed by atoms with Gasteiger partial charge in [-0.1, -0.05) is 19.3 Å². The minimum atomic E-state index is -0.264. The second-order valence-corrected chi connectivity index (χ2v) is 9.01. The summed E-state index contributed by atoms with van der Waals surface area (Å²) in [7, 11) is 0. The lowest BCUT2D eigenvalue weighted by Crippen LogP contribution is -2.51. The highest BCUT2D eigenvalue weighted by molar-refractivity contribution is 5.96. The number of aromatic amines is 1. The summed E-state index contributed by atoms with van der Waals surface area (Å²) in [6.07, 6.45) is 7.94. The van der Waals surface area contributed by atoms with Crippen LogP contribution < -0.4 is 5.32 Å². The van der Waals surface area contributed by atoms with Crippen molar-refractivity contribution in [3.63, 3.8) is 0 Å². The van der Waals surface area contributed by atoms with Gasteiger partial charge in [-0.2, -0.15) is 0 Å². The summed E-state index contributed by atoms with van der Waals surface area (Å²) in [4.78, 5) is 21.1. The van der Waals surface area contributed by atoms with Gasteiger partial charge in [0, 0.05) is 50.2 Å². The number of amides is 1. The van der Waals surface area contributed by atoms with Crippen molar-refractivity contribution in [1.29, 1.82) is 0 Å². The molecule has 0 atom stereocenters. The highest BCUT2D eigenvalue weighted by Gasteiger charge is 2.24. The number of H-pyrrole nitrogens is 1. The molecule has 2 N–H and O–H groups in total. The largest absolute Gasteiger partial charge is 0.358 e. The fourth-order valence-corrected chi connectivity index (χ4v) is 4.98. The van der Waals surface area contributed by atoms with Crippen LogP contribution in [0.25, 0.3) is 11.3 Å². The first-order valence-electron chi connectivity index (χ1n) is 11.8. The zero-order valence-corrected chi connectivity index (χ0v) is 18.6. The van der Waals surface area contributed by atoms with Crippen molar-refractivity contribution in [1.82, 2.24) is 20.1 Å². The molecule has 2 aliphatic rings. The third-order valence-corrected chi connectivity index (χ3v) is 6.85. The van der Waals surface area contributed by atoms with Crippen molar-refractivity contribution in [2.45, 2.75) is 51.5 Å². The maximum atomic E-state index is 13.1. The molecule has 0 spiro atoms. The molecular weight excluding hydrogens is 391 g/mol. The summed E-state index contributed by atoms with van der Waals surface area (Å²) in [6.45, 7) is 8.26. The van der Waals surface area contributed by atoms with Gasteiger partial charge < -0.3 is 15.2 Å². The van der Waals surface area contributed by atoms with Gasteiger partial charge >= 0.3 is 0 Å². The third kappa shape index (κ3) is 5.74. The normalized spacial score (nSPS) is 18.9. The molecule has 1 aliphatic heterocycles. The van der Waals surface area contributed by atoms with Crippen LogP contribution in [0.3, 0.4) is 0 Å². The highest BCUT2D eigenvalue weighted by atomic mass is 19.1. The summed E-state index contributed by atoms with van der Waals surface area (Å²) >= 11 is 0. The summed E-state index contributed by atoms with van der Waals surface area (Å²) < 4.78 is 13.1. The molecule has 2 fully saturated rings. The van der Waals surface area contributed by atoms with E-state index in [2.05, 4.69) is 20.1 Å². The van der Waals surface area contributed by atoms with E-state index in [0.29, 0.717) is 12.1 Å². The van der Waals surface area contributed by atoms with Gasteiger partial charge in [0.1, 0.15) is 5.82 Å². The molecule has 1 amide bonds. The number of aromatic nitrogens is 1. The van der Waals surface area contributed by atoms with Crippen LogP contribution in [0.1, 0.15) is 54.6 Å². The Hall–Kier alpha value is -2.18. The van der Waals surface area contributed by atoms with Crippen LogP contribution in [-0.2, 0) is 0 Å². The number of nitrogens with one attached hydrogen (secondary N) is 2. The van der Waals surface area contributed by atoms with Crippen LogP contribution in [0.5, 0.6) is 0 Å². The first kappa shape index (κ1) is 22.0. The van der Waals surface area contributed by atoms with E-state index in [1.54, 1.807) is 12.1 Å². The van der Waals surface area contributed by atoms with E-state index in [1.807, 2.05) is 13.0 Å². The number of carbonyl (C=O) groups is 1. The standard InChI is InChI=1S/C25H35FN4O/c1-19-23(18-24(28-19)20-8-10-21(26)11-9-20)25(31)27-12-5-13-29-14-16-30(17-15-29)22-6-3-2-4-7-22/h8-11,18,22,28H,2-7,12-17H2,1H3,(H,27,31). The molecule has 1 aromatic heterocycles. The van der Waals surface area contributed by atoms with Crippen LogP contribution >= 0.6 is 0 Å². The number of aryl methyl sites for hydroxylation is 1. The van der Waals surface area contributed by atoms with Crippen LogP contribution in [0, 0.1) is 12.7 Å². The second-order valence-electron chi connectivity index (χ2n) is 9.01. The van der Waals surface area contributed by atoms with E-state index in [-0.39, 0.29) is 11.7 Å². The van der Waals surface area contributed by atoms with E-state index >= 15 is 0 Å². The molecule has 1 aromatic carbocycles. The van der Waals surface area contributed by atoms with Gasteiger partial charge in [0.05, 0.1) is 5.56 Å². The second kappa shape index (κ2) is 10.4. The van der Waals surface area contributed by atoms with Gasteiger partial charge in [-0.3, -0.25) is 9.69 Å². The lowest BCUT2D eigenvalue weighted by atomic mass is 9.94. The molecule has 4 rings (SSSR count). The van der Waals surface area contributed by atoms with Crippen molar-refractivity contribution in [2.75, 3.05) is 39.3 Å². The molecule has 1 saturated carbocycles. The average molecular weight is 427 g/mol. The summed E-state index contributed by atoms with van der Waals surface area (Å²) in [6, 6.07) is 8.97. The molecule has 0 bridgehead atoms. The first-order valence-corrected chi connectivity index (χ1v) is 11.8. The smallest absolute Gasteiger partial charge is 0.253 e. The van der Waals surface area contributed by atoms with Gasteiger partial charge in [-0.05, 0) is 68.6 Å². The molecular formula is C25H35FN4O. The SMILES string of the molecule is Cc1[nH]c(-c2ccc(F)cc2)cc1C(=O)NCCCN1CCN(C2CCCCC2)CC1. The van der Waals surface area contributed by atoms with Crippen molar-refractivity contribution in [3.05, 3.63) is 47.4 Å². The van der Waals surface area contributed by atoms with E-state index < -0.39 is 0 Å². The molecule has 5 nitrogen and oxygen atoms in total. The number of halogens is 1. The van der Waals surface area contributed by atoms with Crippen LogP contribution in [0.2, 0.25) is 0 Å². The molecule has 6 heteroatoms. The lowest BCUT2D eigenvalue weighted by Gasteiger charge is -2.40. The zero-order valence-electron chi connectivity index (χ0n) is 18.6. The number of hydrogen-bond acceptors (Lipinski definition) is 3. The van der Waals surface area contributed by atoms with Crippen molar-refractivity contribution in [2.24, 2.45) is 0 Å². The highest BCUT2D eigenvalue weighted by Crippen LogP contribution is 2.24. The van der Waals surface area contributed by atoms with E-state index in [0.717, 1.165) is 49.0 Å². The van der Waals surface area contributed by atoms with Gasteiger partial charge in [0.25, 0.3) is 5.91 Å². The Morgan fingerprint density at radius 3 is 2.52 bits per heavy atom. The summed E-state index contributed by atoms with van der Waals surface area (Å²) in [5.74, 6) is -0.315. The van der Waals surface area contributed by atoms with Gasteiger partial charge in [-0.15, -0.1) is 0 Å².